The number of ether oxygens (including phenoxy) is 3. The van der Waals surface area contributed by atoms with Gasteiger partial charge in [-0.25, -0.2) is 0 Å². The highest BCUT2D eigenvalue weighted by molar-refractivity contribution is 5.72. The molecule has 0 aliphatic carbocycles. The van der Waals surface area contributed by atoms with Crippen molar-refractivity contribution in [3.05, 3.63) is 35.9 Å². The normalized spacial score (nSPS) is 33.8. The van der Waals surface area contributed by atoms with Crippen LogP contribution in [-0.2, 0) is 25.6 Å². The number of carbonyl (C=O) groups is 1. The molecule has 0 bridgehead atoms. The van der Waals surface area contributed by atoms with Gasteiger partial charge in [0, 0.05) is 5.92 Å². The Balaban J connectivity index is 1.63. The summed E-state index contributed by atoms with van der Waals surface area (Å²) < 4.78 is 16.3. The third-order valence-electron chi connectivity index (χ3n) is 3.54. The Morgan fingerprint density at radius 2 is 2.11 bits per heavy atom. The molecule has 102 valence electrons. The Hall–Kier alpha value is -1.43. The minimum Gasteiger partial charge on any atom is -0.457 e. The molecule has 0 saturated carbocycles. The molecule has 2 heterocycles. The Morgan fingerprint density at radius 3 is 2.89 bits per heavy atom. The molecular weight excluding hydrogens is 248 g/mol. The quantitative estimate of drug-likeness (QED) is 0.820. The number of aliphatic hydroxyl groups is 1. The van der Waals surface area contributed by atoms with Gasteiger partial charge in [0.2, 0.25) is 0 Å². The van der Waals surface area contributed by atoms with E-state index in [9.17, 15) is 9.90 Å². The molecule has 1 aromatic carbocycles. The van der Waals surface area contributed by atoms with E-state index in [-0.39, 0.29) is 24.9 Å². The van der Waals surface area contributed by atoms with Crippen LogP contribution < -0.4 is 0 Å². The molecule has 2 aliphatic heterocycles. The van der Waals surface area contributed by atoms with Crippen LogP contribution in [0.15, 0.2) is 30.3 Å². The number of rotatable bonds is 3. The SMILES string of the molecule is O=C1C[C@H]2[C@@H](O1)[C@@H](OCc1ccccc1)OC[C@@H]2O. The van der Waals surface area contributed by atoms with Gasteiger partial charge in [0.05, 0.1) is 25.7 Å². The molecule has 0 amide bonds. The van der Waals surface area contributed by atoms with E-state index in [1.165, 1.54) is 0 Å². The Morgan fingerprint density at radius 1 is 1.32 bits per heavy atom. The summed E-state index contributed by atoms with van der Waals surface area (Å²) in [5.41, 5.74) is 1.03. The number of hydrogen-bond acceptors (Lipinski definition) is 5. The van der Waals surface area contributed by atoms with Crippen LogP contribution in [0.2, 0.25) is 0 Å². The van der Waals surface area contributed by atoms with Crippen molar-refractivity contribution in [3.8, 4) is 0 Å². The molecule has 1 aromatic rings. The largest absolute Gasteiger partial charge is 0.457 e. The second kappa shape index (κ2) is 5.28. The molecule has 2 fully saturated rings. The minimum atomic E-state index is -0.659. The molecule has 0 spiro atoms. The van der Waals surface area contributed by atoms with Crippen molar-refractivity contribution in [3.63, 3.8) is 0 Å². The molecule has 2 saturated heterocycles. The Bertz CT molecular complexity index is 446. The number of benzene rings is 1. The zero-order chi connectivity index (χ0) is 13.2. The van der Waals surface area contributed by atoms with Crippen molar-refractivity contribution in [1.82, 2.24) is 0 Å². The van der Waals surface area contributed by atoms with Crippen LogP contribution >= 0.6 is 0 Å². The van der Waals surface area contributed by atoms with Crippen LogP contribution in [0, 0.1) is 5.92 Å². The van der Waals surface area contributed by atoms with Crippen molar-refractivity contribution >= 4 is 5.97 Å². The molecule has 1 N–H and O–H groups in total. The number of esters is 1. The van der Waals surface area contributed by atoms with E-state index in [0.717, 1.165) is 5.56 Å². The second-order valence-electron chi connectivity index (χ2n) is 4.89. The van der Waals surface area contributed by atoms with Gasteiger partial charge in [-0.05, 0) is 5.56 Å². The lowest BCUT2D eigenvalue weighted by atomic mass is 9.92. The first-order valence-corrected chi connectivity index (χ1v) is 6.39. The van der Waals surface area contributed by atoms with Gasteiger partial charge in [0.15, 0.2) is 12.4 Å². The summed E-state index contributed by atoms with van der Waals surface area (Å²) in [6.07, 6.45) is -1.52. The summed E-state index contributed by atoms with van der Waals surface area (Å²) in [7, 11) is 0. The van der Waals surface area contributed by atoms with Gasteiger partial charge < -0.3 is 19.3 Å². The van der Waals surface area contributed by atoms with Crippen LogP contribution in [-0.4, -0.2) is 36.2 Å². The highest BCUT2D eigenvalue weighted by atomic mass is 16.7. The fraction of sp³-hybridized carbons (Fsp3) is 0.500. The van der Waals surface area contributed by atoms with Crippen LogP contribution in [0.1, 0.15) is 12.0 Å². The molecule has 3 rings (SSSR count). The maximum absolute atomic E-state index is 11.3. The molecule has 0 radical (unpaired) electrons. The molecule has 2 aliphatic rings. The molecule has 5 nitrogen and oxygen atoms in total. The molecule has 0 aromatic heterocycles. The number of carbonyl (C=O) groups excluding carboxylic acids is 1. The molecular formula is C14H16O5. The van der Waals surface area contributed by atoms with Crippen LogP contribution in [0.3, 0.4) is 0 Å². The molecule has 0 unspecified atom stereocenters. The van der Waals surface area contributed by atoms with Gasteiger partial charge >= 0.3 is 5.97 Å². The van der Waals surface area contributed by atoms with Crippen molar-refractivity contribution in [1.29, 1.82) is 0 Å². The zero-order valence-corrected chi connectivity index (χ0v) is 10.4. The lowest BCUT2D eigenvalue weighted by molar-refractivity contribution is -0.251. The highest BCUT2D eigenvalue weighted by Gasteiger charge is 2.48. The summed E-state index contributed by atoms with van der Waals surface area (Å²) in [6, 6.07) is 9.71. The standard InChI is InChI=1S/C14H16O5/c15-11-8-18-14(13-10(11)6-12(16)19-13)17-7-9-4-2-1-3-5-9/h1-5,10-11,13-15H,6-8H2/t10-,11+,13-,14+/m1/s1. The maximum Gasteiger partial charge on any atom is 0.306 e. The van der Waals surface area contributed by atoms with Gasteiger partial charge in [-0.15, -0.1) is 0 Å². The predicted molar refractivity (Wildman–Crippen MR) is 65.0 cm³/mol. The van der Waals surface area contributed by atoms with E-state index >= 15 is 0 Å². The van der Waals surface area contributed by atoms with Gasteiger partial charge in [-0.2, -0.15) is 0 Å². The summed E-state index contributed by atoms with van der Waals surface area (Å²) in [5.74, 6) is -0.519. The van der Waals surface area contributed by atoms with Gasteiger partial charge in [0.1, 0.15) is 0 Å². The van der Waals surface area contributed by atoms with E-state index in [0.29, 0.717) is 6.61 Å². The first-order chi connectivity index (χ1) is 9.24. The van der Waals surface area contributed by atoms with Crippen LogP contribution in [0.4, 0.5) is 0 Å². The third kappa shape index (κ3) is 2.63. The van der Waals surface area contributed by atoms with Crippen molar-refractivity contribution in [2.45, 2.75) is 31.5 Å². The van der Waals surface area contributed by atoms with Gasteiger partial charge in [0.25, 0.3) is 0 Å². The molecule has 19 heavy (non-hydrogen) atoms. The topological polar surface area (TPSA) is 65.0 Å². The predicted octanol–water partition coefficient (Wildman–Crippen LogP) is 0.852. The summed E-state index contributed by atoms with van der Waals surface area (Å²) >= 11 is 0. The van der Waals surface area contributed by atoms with Crippen molar-refractivity contribution in [2.75, 3.05) is 6.61 Å². The zero-order valence-electron chi connectivity index (χ0n) is 10.4. The maximum atomic E-state index is 11.3. The fourth-order valence-electron chi connectivity index (χ4n) is 2.52. The Kier molecular flexibility index (Phi) is 3.50. The first-order valence-electron chi connectivity index (χ1n) is 6.39. The lowest BCUT2D eigenvalue weighted by Crippen LogP contribution is -2.48. The average Bonchev–Trinajstić information content (AvgIpc) is 2.82. The number of hydrogen-bond donors (Lipinski definition) is 1. The van der Waals surface area contributed by atoms with Gasteiger partial charge in [-0.3, -0.25) is 4.79 Å². The van der Waals surface area contributed by atoms with Crippen LogP contribution in [0.25, 0.3) is 0 Å². The molecule has 5 heteroatoms. The van der Waals surface area contributed by atoms with Crippen molar-refractivity contribution in [2.24, 2.45) is 5.92 Å². The summed E-state index contributed by atoms with van der Waals surface area (Å²) in [6.45, 7) is 0.569. The van der Waals surface area contributed by atoms with E-state index in [1.807, 2.05) is 30.3 Å². The number of aliphatic hydroxyl groups excluding tert-OH is 1. The lowest BCUT2D eigenvalue weighted by Gasteiger charge is -2.34. The third-order valence-corrected chi connectivity index (χ3v) is 3.54. The van der Waals surface area contributed by atoms with E-state index in [4.69, 9.17) is 14.2 Å². The number of fused-ring (bicyclic) bond motifs is 1. The fourth-order valence-corrected chi connectivity index (χ4v) is 2.52. The van der Waals surface area contributed by atoms with Crippen molar-refractivity contribution < 1.29 is 24.1 Å². The van der Waals surface area contributed by atoms with E-state index < -0.39 is 18.5 Å². The second-order valence-corrected chi connectivity index (χ2v) is 4.89. The van der Waals surface area contributed by atoms with Gasteiger partial charge in [-0.1, -0.05) is 30.3 Å². The smallest absolute Gasteiger partial charge is 0.306 e. The minimum absolute atomic E-state index is 0.178. The first kappa shape index (κ1) is 12.6. The van der Waals surface area contributed by atoms with E-state index in [1.54, 1.807) is 0 Å². The molecule has 4 atom stereocenters. The van der Waals surface area contributed by atoms with E-state index in [2.05, 4.69) is 0 Å². The highest BCUT2D eigenvalue weighted by Crippen LogP contribution is 2.33. The monoisotopic (exact) mass is 264 g/mol. The summed E-state index contributed by atoms with van der Waals surface area (Å²) in [5, 5.41) is 9.79. The van der Waals surface area contributed by atoms with Crippen LogP contribution in [0.5, 0.6) is 0 Å². The average molecular weight is 264 g/mol. The summed E-state index contributed by atoms with van der Waals surface area (Å²) in [4.78, 5) is 11.3. The Labute approximate surface area is 111 Å².